The van der Waals surface area contributed by atoms with Gasteiger partial charge in [-0.25, -0.2) is 14.8 Å². The molecule has 0 radical (unpaired) electrons. The Morgan fingerprint density at radius 2 is 2.10 bits per heavy atom. The van der Waals surface area contributed by atoms with Crippen LogP contribution in [0.5, 0.6) is 11.6 Å². The van der Waals surface area contributed by atoms with Crippen LogP contribution in [-0.4, -0.2) is 26.0 Å². The predicted octanol–water partition coefficient (Wildman–Crippen LogP) is 2.18. The number of nitro groups is 1. The molecule has 8 nitrogen and oxygen atoms in total. The second kappa shape index (κ2) is 5.31. The van der Waals surface area contributed by atoms with E-state index in [-0.39, 0.29) is 23.0 Å². The number of aryl methyl sites for hydroxylation is 1. The number of aromatic nitrogens is 2. The first-order chi connectivity index (χ1) is 9.47. The number of ether oxygens (including phenoxy) is 1. The number of rotatable bonds is 4. The van der Waals surface area contributed by atoms with Gasteiger partial charge in [-0.15, -0.1) is 0 Å². The molecule has 2 aromatic rings. The molecule has 0 saturated heterocycles. The van der Waals surface area contributed by atoms with E-state index in [0.717, 1.165) is 18.0 Å². The van der Waals surface area contributed by atoms with Crippen LogP contribution < -0.4 is 4.74 Å². The Bertz CT molecular complexity index is 669. The number of carbonyl (C=O) groups is 1. The molecule has 0 atom stereocenters. The lowest BCUT2D eigenvalue weighted by Gasteiger charge is -2.05. The Labute approximate surface area is 112 Å². The van der Waals surface area contributed by atoms with Crippen molar-refractivity contribution in [1.82, 2.24) is 9.97 Å². The quantitative estimate of drug-likeness (QED) is 0.671. The van der Waals surface area contributed by atoms with Crippen molar-refractivity contribution in [3.63, 3.8) is 0 Å². The van der Waals surface area contributed by atoms with E-state index in [0.29, 0.717) is 0 Å². The molecule has 20 heavy (non-hydrogen) atoms. The summed E-state index contributed by atoms with van der Waals surface area (Å²) in [7, 11) is 0. The molecule has 0 aliphatic carbocycles. The summed E-state index contributed by atoms with van der Waals surface area (Å²) in [5.41, 5.74) is 0.279. The third-order valence-electron chi connectivity index (χ3n) is 2.37. The summed E-state index contributed by atoms with van der Waals surface area (Å²) in [6, 6.07) is 4.47. The normalized spacial score (nSPS) is 10.1. The summed E-state index contributed by atoms with van der Waals surface area (Å²) < 4.78 is 5.25. The summed E-state index contributed by atoms with van der Waals surface area (Å²) in [6.45, 7) is 1.72. The van der Waals surface area contributed by atoms with Crippen LogP contribution >= 0.6 is 0 Å². The number of hydrogen-bond acceptors (Lipinski definition) is 6. The molecule has 0 bridgehead atoms. The molecule has 1 N–H and O–H groups in total. The fourth-order valence-corrected chi connectivity index (χ4v) is 1.45. The van der Waals surface area contributed by atoms with Crippen molar-refractivity contribution in [3.05, 3.63) is 52.0 Å². The molecule has 102 valence electrons. The molecule has 0 aliphatic heterocycles. The molecule has 1 aromatic heterocycles. The van der Waals surface area contributed by atoms with Crippen LogP contribution in [0.3, 0.4) is 0 Å². The molecular weight excluding hydrogens is 266 g/mol. The largest absolute Gasteiger partial charge is 0.476 e. The van der Waals surface area contributed by atoms with Gasteiger partial charge in [-0.05, 0) is 18.6 Å². The summed E-state index contributed by atoms with van der Waals surface area (Å²) in [5, 5.41) is 19.6. The highest BCUT2D eigenvalue weighted by atomic mass is 16.6. The standard InChI is InChI=1S/C12H9N3O5/c1-7-2-3-10(9(4-7)15(18)19)20-11-6-13-8(5-14-11)12(16)17/h2-6H,1H3,(H,16,17). The Kier molecular flexibility index (Phi) is 3.56. The third kappa shape index (κ3) is 2.86. The molecule has 0 aliphatic rings. The number of carboxylic acid groups (broad SMARTS) is 1. The van der Waals surface area contributed by atoms with Gasteiger partial charge >= 0.3 is 11.7 Å². The maximum Gasteiger partial charge on any atom is 0.356 e. The van der Waals surface area contributed by atoms with E-state index in [9.17, 15) is 14.9 Å². The van der Waals surface area contributed by atoms with E-state index >= 15 is 0 Å². The Morgan fingerprint density at radius 3 is 2.65 bits per heavy atom. The first kappa shape index (κ1) is 13.4. The minimum Gasteiger partial charge on any atom is -0.476 e. The molecular formula is C12H9N3O5. The van der Waals surface area contributed by atoms with Gasteiger partial charge in [-0.2, -0.15) is 0 Å². The van der Waals surface area contributed by atoms with Gasteiger partial charge in [0.25, 0.3) is 0 Å². The zero-order valence-corrected chi connectivity index (χ0v) is 10.3. The molecule has 1 aromatic carbocycles. The monoisotopic (exact) mass is 275 g/mol. The van der Waals surface area contributed by atoms with Gasteiger partial charge in [0.1, 0.15) is 0 Å². The van der Waals surface area contributed by atoms with E-state index in [1.54, 1.807) is 13.0 Å². The second-order valence-corrected chi connectivity index (χ2v) is 3.88. The maximum atomic E-state index is 10.9. The van der Waals surface area contributed by atoms with Gasteiger partial charge in [-0.1, -0.05) is 6.07 Å². The van der Waals surface area contributed by atoms with Gasteiger partial charge in [0.15, 0.2) is 5.69 Å². The summed E-state index contributed by atoms with van der Waals surface area (Å²) >= 11 is 0. The number of benzene rings is 1. The molecule has 0 spiro atoms. The average molecular weight is 275 g/mol. The Morgan fingerprint density at radius 1 is 1.35 bits per heavy atom. The number of hydrogen-bond donors (Lipinski definition) is 1. The highest BCUT2D eigenvalue weighted by molar-refractivity contribution is 5.84. The molecule has 0 unspecified atom stereocenters. The van der Waals surface area contributed by atoms with Crippen molar-refractivity contribution in [3.8, 4) is 11.6 Å². The van der Waals surface area contributed by atoms with E-state index in [1.165, 1.54) is 12.1 Å². The van der Waals surface area contributed by atoms with Crippen molar-refractivity contribution in [2.24, 2.45) is 0 Å². The summed E-state index contributed by atoms with van der Waals surface area (Å²) in [6.07, 6.45) is 2.10. The molecule has 8 heteroatoms. The van der Waals surface area contributed by atoms with Gasteiger partial charge in [0.05, 0.1) is 17.3 Å². The second-order valence-electron chi connectivity index (χ2n) is 3.88. The molecule has 0 amide bonds. The van der Waals surface area contributed by atoms with Crippen LogP contribution in [-0.2, 0) is 0 Å². The first-order valence-corrected chi connectivity index (χ1v) is 5.45. The predicted molar refractivity (Wildman–Crippen MR) is 66.9 cm³/mol. The summed E-state index contributed by atoms with van der Waals surface area (Å²) in [4.78, 5) is 28.3. The van der Waals surface area contributed by atoms with Crippen LogP contribution in [0, 0.1) is 17.0 Å². The fraction of sp³-hybridized carbons (Fsp3) is 0.0833. The van der Waals surface area contributed by atoms with E-state index in [2.05, 4.69) is 9.97 Å². The summed E-state index contributed by atoms with van der Waals surface area (Å²) in [5.74, 6) is -1.23. The lowest BCUT2D eigenvalue weighted by Crippen LogP contribution is -2.01. The van der Waals surface area contributed by atoms with Crippen LogP contribution in [0.2, 0.25) is 0 Å². The fourth-order valence-electron chi connectivity index (χ4n) is 1.45. The molecule has 1 heterocycles. The Balaban J connectivity index is 2.30. The van der Waals surface area contributed by atoms with Gasteiger partial charge in [0, 0.05) is 6.07 Å². The van der Waals surface area contributed by atoms with E-state index in [4.69, 9.17) is 9.84 Å². The lowest BCUT2D eigenvalue weighted by atomic mass is 10.2. The smallest absolute Gasteiger partial charge is 0.356 e. The highest BCUT2D eigenvalue weighted by Gasteiger charge is 2.16. The first-order valence-electron chi connectivity index (χ1n) is 5.45. The number of aromatic carboxylic acids is 1. The SMILES string of the molecule is Cc1ccc(Oc2cnc(C(=O)O)cn2)c([N+](=O)[O-])c1. The highest BCUT2D eigenvalue weighted by Crippen LogP contribution is 2.30. The van der Waals surface area contributed by atoms with Crippen LogP contribution in [0.15, 0.2) is 30.6 Å². The number of nitrogens with zero attached hydrogens (tertiary/aromatic N) is 3. The van der Waals surface area contributed by atoms with E-state index < -0.39 is 10.9 Å². The number of carboxylic acids is 1. The van der Waals surface area contributed by atoms with Crippen molar-refractivity contribution in [1.29, 1.82) is 0 Å². The topological polar surface area (TPSA) is 115 Å². The maximum absolute atomic E-state index is 10.9. The Hall–Kier alpha value is -3.03. The minimum absolute atomic E-state index is 0.0120. The van der Waals surface area contributed by atoms with Crippen LogP contribution in [0.4, 0.5) is 5.69 Å². The zero-order chi connectivity index (χ0) is 14.7. The third-order valence-corrected chi connectivity index (χ3v) is 2.37. The van der Waals surface area contributed by atoms with Crippen molar-refractivity contribution >= 4 is 11.7 Å². The van der Waals surface area contributed by atoms with Crippen molar-refractivity contribution < 1.29 is 19.6 Å². The zero-order valence-electron chi connectivity index (χ0n) is 10.3. The van der Waals surface area contributed by atoms with E-state index in [1.807, 2.05) is 0 Å². The van der Waals surface area contributed by atoms with Gasteiger partial charge in [0.2, 0.25) is 11.6 Å². The van der Waals surface area contributed by atoms with Crippen molar-refractivity contribution in [2.45, 2.75) is 6.92 Å². The molecule has 2 rings (SSSR count). The minimum atomic E-state index is -1.22. The molecule has 0 fully saturated rings. The van der Waals surface area contributed by atoms with Crippen LogP contribution in [0.1, 0.15) is 16.1 Å². The van der Waals surface area contributed by atoms with Gasteiger partial charge in [-0.3, -0.25) is 10.1 Å². The van der Waals surface area contributed by atoms with Gasteiger partial charge < -0.3 is 9.84 Å². The lowest BCUT2D eigenvalue weighted by molar-refractivity contribution is -0.385. The molecule has 0 saturated carbocycles. The average Bonchev–Trinajstić information content (AvgIpc) is 2.41. The number of nitro benzene ring substituents is 1. The van der Waals surface area contributed by atoms with Crippen molar-refractivity contribution in [2.75, 3.05) is 0 Å². The van der Waals surface area contributed by atoms with Crippen LogP contribution in [0.25, 0.3) is 0 Å².